The molecule has 160 valence electrons. The molecular weight excluding hydrogens is 533 g/mol. The highest BCUT2D eigenvalue weighted by Crippen LogP contribution is 2.27. The molecule has 0 radical (unpaired) electrons. The fraction of sp³-hybridized carbons (Fsp3) is 0.333. The van der Waals surface area contributed by atoms with Crippen molar-refractivity contribution < 1.29 is 13.2 Å². The van der Waals surface area contributed by atoms with Crippen LogP contribution in [0.25, 0.3) is 0 Å². The van der Waals surface area contributed by atoms with E-state index in [0.717, 1.165) is 29.3 Å². The molecule has 0 unspecified atom stereocenters. The number of rotatable bonds is 5. The minimum absolute atomic E-state index is 0.0605. The summed E-state index contributed by atoms with van der Waals surface area (Å²) in [5, 5.41) is 5.69. The Hall–Kier alpha value is -1.56. The maximum Gasteiger partial charge on any atom is 0.257 e. The number of carbonyl (C=O) groups excluding carboxylic acids is 1. The predicted molar refractivity (Wildman–Crippen MR) is 131 cm³/mol. The first-order chi connectivity index (χ1) is 14.3. The average molecular weight is 557 g/mol. The number of anilines is 1. The summed E-state index contributed by atoms with van der Waals surface area (Å²) in [5.41, 5.74) is 1.11. The molecular formula is C21H24IN3O3S2. The summed E-state index contributed by atoms with van der Waals surface area (Å²) in [6, 6.07) is 13.6. The van der Waals surface area contributed by atoms with Crippen molar-refractivity contribution in [2.45, 2.75) is 43.0 Å². The molecule has 9 heteroatoms. The first-order valence-corrected chi connectivity index (χ1v) is 12.7. The van der Waals surface area contributed by atoms with Crippen LogP contribution in [0.4, 0.5) is 5.69 Å². The predicted octanol–water partition coefficient (Wildman–Crippen LogP) is 4.37. The van der Waals surface area contributed by atoms with Crippen LogP contribution in [0, 0.1) is 3.57 Å². The summed E-state index contributed by atoms with van der Waals surface area (Å²) in [6.45, 7) is 0. The van der Waals surface area contributed by atoms with Gasteiger partial charge in [0.25, 0.3) is 5.91 Å². The topological polar surface area (TPSA) is 78.5 Å². The van der Waals surface area contributed by atoms with Gasteiger partial charge in [-0.3, -0.25) is 10.1 Å². The van der Waals surface area contributed by atoms with Crippen LogP contribution in [0.15, 0.2) is 53.4 Å². The molecule has 3 rings (SSSR count). The van der Waals surface area contributed by atoms with Crippen molar-refractivity contribution in [3.63, 3.8) is 0 Å². The van der Waals surface area contributed by atoms with E-state index in [9.17, 15) is 13.2 Å². The molecule has 0 aliphatic heterocycles. The lowest BCUT2D eigenvalue weighted by molar-refractivity contribution is 0.0977. The zero-order valence-corrected chi connectivity index (χ0v) is 20.4. The van der Waals surface area contributed by atoms with Crippen LogP contribution in [-0.4, -0.2) is 36.8 Å². The molecule has 1 aliphatic rings. The third-order valence-corrected chi connectivity index (χ3v) is 7.99. The molecule has 0 bridgehead atoms. The number of hydrogen-bond acceptors (Lipinski definition) is 4. The SMILES string of the molecule is CN(C1CCCCC1)S(=O)(=O)c1ccc(NC(=S)NC(=O)c2cccc(I)c2)cc1. The third kappa shape index (κ3) is 5.77. The Morgan fingerprint density at radius 3 is 2.40 bits per heavy atom. The van der Waals surface area contributed by atoms with E-state index in [1.165, 1.54) is 10.7 Å². The average Bonchev–Trinajstić information content (AvgIpc) is 2.74. The first kappa shape index (κ1) is 23.1. The quantitative estimate of drug-likeness (QED) is 0.422. The summed E-state index contributed by atoms with van der Waals surface area (Å²) in [7, 11) is -1.88. The van der Waals surface area contributed by atoms with Gasteiger partial charge in [-0.1, -0.05) is 25.3 Å². The molecule has 2 N–H and O–H groups in total. The molecule has 2 aromatic carbocycles. The zero-order chi connectivity index (χ0) is 21.7. The highest BCUT2D eigenvalue weighted by Gasteiger charge is 2.28. The fourth-order valence-corrected chi connectivity index (χ4v) is 5.65. The third-order valence-electron chi connectivity index (χ3n) is 5.19. The van der Waals surface area contributed by atoms with E-state index in [2.05, 4.69) is 33.2 Å². The minimum Gasteiger partial charge on any atom is -0.332 e. The summed E-state index contributed by atoms with van der Waals surface area (Å²) in [4.78, 5) is 12.5. The van der Waals surface area contributed by atoms with Crippen molar-refractivity contribution in [2.75, 3.05) is 12.4 Å². The molecule has 1 amide bonds. The Kier molecular flexibility index (Phi) is 7.83. The number of nitrogens with zero attached hydrogens (tertiary/aromatic N) is 1. The van der Waals surface area contributed by atoms with Crippen molar-refractivity contribution >= 4 is 61.5 Å². The molecule has 0 aromatic heterocycles. The van der Waals surface area contributed by atoms with E-state index in [0.29, 0.717) is 11.3 Å². The van der Waals surface area contributed by atoms with Crippen LogP contribution < -0.4 is 10.6 Å². The summed E-state index contributed by atoms with van der Waals surface area (Å²) < 4.78 is 28.3. The monoisotopic (exact) mass is 557 g/mol. The van der Waals surface area contributed by atoms with Crippen LogP contribution in [0.3, 0.4) is 0 Å². The Morgan fingerprint density at radius 1 is 1.10 bits per heavy atom. The van der Waals surface area contributed by atoms with Gasteiger partial charge in [-0.05, 0) is 90.1 Å². The minimum atomic E-state index is -3.54. The molecule has 0 heterocycles. The fourth-order valence-electron chi connectivity index (χ4n) is 3.48. The lowest BCUT2D eigenvalue weighted by Gasteiger charge is -2.30. The van der Waals surface area contributed by atoms with E-state index in [1.54, 1.807) is 49.5 Å². The molecule has 30 heavy (non-hydrogen) atoms. The van der Waals surface area contributed by atoms with Crippen LogP contribution in [0.2, 0.25) is 0 Å². The van der Waals surface area contributed by atoms with Gasteiger partial charge in [-0.2, -0.15) is 4.31 Å². The molecule has 2 aromatic rings. The smallest absolute Gasteiger partial charge is 0.257 e. The van der Waals surface area contributed by atoms with Crippen LogP contribution in [-0.2, 0) is 10.0 Å². The second kappa shape index (κ2) is 10.2. The molecule has 0 saturated heterocycles. The Morgan fingerprint density at radius 2 is 1.77 bits per heavy atom. The summed E-state index contributed by atoms with van der Waals surface area (Å²) >= 11 is 7.34. The Labute approximate surface area is 196 Å². The van der Waals surface area contributed by atoms with Crippen LogP contribution in [0.5, 0.6) is 0 Å². The van der Waals surface area contributed by atoms with E-state index in [4.69, 9.17) is 12.2 Å². The number of carbonyl (C=O) groups is 1. The van der Waals surface area contributed by atoms with Gasteiger partial charge in [-0.15, -0.1) is 0 Å². The van der Waals surface area contributed by atoms with E-state index in [1.807, 2.05) is 6.07 Å². The molecule has 0 atom stereocenters. The number of amides is 1. The van der Waals surface area contributed by atoms with E-state index in [-0.39, 0.29) is 22.0 Å². The van der Waals surface area contributed by atoms with E-state index < -0.39 is 10.0 Å². The number of halogens is 1. The van der Waals surface area contributed by atoms with Gasteiger partial charge in [0.2, 0.25) is 10.0 Å². The van der Waals surface area contributed by atoms with Gasteiger partial charge in [0, 0.05) is 27.9 Å². The second-order valence-electron chi connectivity index (χ2n) is 7.26. The molecule has 1 aliphatic carbocycles. The lowest BCUT2D eigenvalue weighted by atomic mass is 9.96. The van der Waals surface area contributed by atoms with Crippen molar-refractivity contribution in [2.24, 2.45) is 0 Å². The van der Waals surface area contributed by atoms with Gasteiger partial charge in [0.05, 0.1) is 4.90 Å². The summed E-state index contributed by atoms with van der Waals surface area (Å²) in [5.74, 6) is -0.306. The Balaban J connectivity index is 1.62. The maximum absolute atomic E-state index is 12.9. The highest BCUT2D eigenvalue weighted by atomic mass is 127. The van der Waals surface area contributed by atoms with Gasteiger partial charge in [0.1, 0.15) is 0 Å². The summed E-state index contributed by atoms with van der Waals surface area (Å²) in [6.07, 6.45) is 5.12. The van der Waals surface area contributed by atoms with Crippen LogP contribution in [0.1, 0.15) is 42.5 Å². The lowest BCUT2D eigenvalue weighted by Crippen LogP contribution is -2.38. The number of benzene rings is 2. The maximum atomic E-state index is 12.9. The Bertz CT molecular complexity index is 1020. The molecule has 1 fully saturated rings. The van der Waals surface area contributed by atoms with Gasteiger partial charge in [0.15, 0.2) is 5.11 Å². The number of hydrogen-bond donors (Lipinski definition) is 2. The van der Waals surface area contributed by atoms with E-state index >= 15 is 0 Å². The molecule has 1 saturated carbocycles. The van der Waals surface area contributed by atoms with Crippen molar-refractivity contribution in [1.29, 1.82) is 0 Å². The molecule has 6 nitrogen and oxygen atoms in total. The standard InChI is InChI=1S/C21H24IN3O3S2/c1-25(18-8-3-2-4-9-18)30(27,28)19-12-10-17(11-13-19)23-21(29)24-20(26)15-6-5-7-16(22)14-15/h5-7,10-14,18H,2-4,8-9H2,1H3,(H2,23,24,26,29). The van der Waals surface area contributed by atoms with Gasteiger partial charge < -0.3 is 5.32 Å². The zero-order valence-electron chi connectivity index (χ0n) is 16.6. The molecule has 0 spiro atoms. The second-order valence-corrected chi connectivity index (χ2v) is 10.9. The van der Waals surface area contributed by atoms with Crippen molar-refractivity contribution in [3.05, 3.63) is 57.7 Å². The normalized spacial score (nSPS) is 15.0. The number of thiocarbonyl (C=S) groups is 1. The van der Waals surface area contributed by atoms with Gasteiger partial charge >= 0.3 is 0 Å². The van der Waals surface area contributed by atoms with Crippen molar-refractivity contribution in [3.8, 4) is 0 Å². The number of nitrogens with one attached hydrogen (secondary N) is 2. The highest BCUT2D eigenvalue weighted by molar-refractivity contribution is 14.1. The first-order valence-electron chi connectivity index (χ1n) is 9.73. The van der Waals surface area contributed by atoms with Crippen LogP contribution >= 0.6 is 34.8 Å². The number of sulfonamides is 1. The van der Waals surface area contributed by atoms with Crippen molar-refractivity contribution in [1.82, 2.24) is 9.62 Å². The van der Waals surface area contributed by atoms with Gasteiger partial charge in [-0.25, -0.2) is 8.42 Å². The largest absolute Gasteiger partial charge is 0.332 e.